The van der Waals surface area contributed by atoms with Gasteiger partial charge in [-0.15, -0.1) is 11.8 Å². The van der Waals surface area contributed by atoms with Crippen LogP contribution in [0.3, 0.4) is 0 Å². The number of hydrogen-bond acceptors (Lipinski definition) is 5. The molecule has 1 fully saturated rings. The Morgan fingerprint density at radius 1 is 1.19 bits per heavy atom. The predicted molar refractivity (Wildman–Crippen MR) is 106 cm³/mol. The van der Waals surface area contributed by atoms with Gasteiger partial charge in [-0.2, -0.15) is 5.10 Å². The smallest absolute Gasteiger partial charge is 0.210 e. The lowest BCUT2D eigenvalue weighted by molar-refractivity contribution is 0.0727. The van der Waals surface area contributed by atoms with Gasteiger partial charge in [0.2, 0.25) is 5.89 Å². The van der Waals surface area contributed by atoms with Crippen molar-refractivity contribution in [2.24, 2.45) is 13.0 Å². The van der Waals surface area contributed by atoms with Gasteiger partial charge in [-0.25, -0.2) is 4.98 Å². The molecule has 144 valence electrons. The van der Waals surface area contributed by atoms with Gasteiger partial charge in [0.1, 0.15) is 5.69 Å². The summed E-state index contributed by atoms with van der Waals surface area (Å²) in [4.78, 5) is 4.59. The van der Waals surface area contributed by atoms with E-state index in [-0.39, 0.29) is 10.2 Å². The Kier molecular flexibility index (Phi) is 5.54. The third-order valence-electron chi connectivity index (χ3n) is 4.94. The number of aryl methyl sites for hydroxylation is 1. The van der Waals surface area contributed by atoms with E-state index in [1.807, 2.05) is 29.7 Å². The van der Waals surface area contributed by atoms with E-state index in [2.05, 4.69) is 50.8 Å². The van der Waals surface area contributed by atoms with Crippen molar-refractivity contribution in [3.05, 3.63) is 23.8 Å². The lowest BCUT2D eigenvalue weighted by Gasteiger charge is -2.26. The summed E-state index contributed by atoms with van der Waals surface area (Å²) in [6.45, 7) is 12.7. The fourth-order valence-electron chi connectivity index (χ4n) is 3.04. The van der Waals surface area contributed by atoms with Gasteiger partial charge < -0.3 is 9.15 Å². The molecule has 0 aromatic carbocycles. The standard InChI is InChI=1S/C20H31N3O2S/c1-19(2,3)17-11-15(23(6)22-17)16-12-21-18(25-16)20(4,5)26-13-14-7-9-24-10-8-14/h11-12,14H,7-10,13H2,1-6H3. The van der Waals surface area contributed by atoms with Crippen molar-refractivity contribution >= 4 is 11.8 Å². The molecule has 5 nitrogen and oxygen atoms in total. The number of ether oxygens (including phenoxy) is 1. The maximum Gasteiger partial charge on any atom is 0.210 e. The van der Waals surface area contributed by atoms with E-state index in [0.29, 0.717) is 0 Å². The number of oxazole rings is 1. The first-order valence-electron chi connectivity index (χ1n) is 9.40. The molecule has 0 N–H and O–H groups in total. The minimum absolute atomic E-state index is 0.0116. The van der Waals surface area contributed by atoms with Crippen LogP contribution in [0, 0.1) is 5.92 Å². The molecule has 26 heavy (non-hydrogen) atoms. The van der Waals surface area contributed by atoms with Gasteiger partial charge in [0, 0.05) is 25.7 Å². The lowest BCUT2D eigenvalue weighted by atomic mass is 9.92. The lowest BCUT2D eigenvalue weighted by Crippen LogP contribution is -2.21. The molecule has 0 unspecified atom stereocenters. The third kappa shape index (κ3) is 4.34. The number of hydrogen-bond donors (Lipinski definition) is 0. The highest BCUT2D eigenvalue weighted by Gasteiger charge is 2.30. The summed E-state index contributed by atoms with van der Waals surface area (Å²) in [6.07, 6.45) is 4.14. The molecule has 0 saturated carbocycles. The first-order valence-corrected chi connectivity index (χ1v) is 10.4. The highest BCUT2D eigenvalue weighted by atomic mass is 32.2. The predicted octanol–water partition coefficient (Wildman–Crippen LogP) is 4.77. The molecule has 1 aliphatic heterocycles. The Morgan fingerprint density at radius 3 is 2.50 bits per heavy atom. The minimum atomic E-state index is -0.151. The van der Waals surface area contributed by atoms with Crippen molar-refractivity contribution in [1.29, 1.82) is 0 Å². The molecule has 0 bridgehead atoms. The molecule has 2 aromatic heterocycles. The van der Waals surface area contributed by atoms with Crippen LogP contribution in [0.15, 0.2) is 16.7 Å². The van der Waals surface area contributed by atoms with Gasteiger partial charge in [-0.1, -0.05) is 20.8 Å². The zero-order chi connectivity index (χ0) is 18.9. The molecule has 6 heteroatoms. The first kappa shape index (κ1) is 19.5. The van der Waals surface area contributed by atoms with Crippen LogP contribution in [0.5, 0.6) is 0 Å². The van der Waals surface area contributed by atoms with Crippen molar-refractivity contribution < 1.29 is 9.15 Å². The molecular weight excluding hydrogens is 346 g/mol. The summed E-state index contributed by atoms with van der Waals surface area (Å²) in [5.74, 6) is 3.41. The monoisotopic (exact) mass is 377 g/mol. The second-order valence-corrected chi connectivity index (χ2v) is 10.3. The van der Waals surface area contributed by atoms with E-state index in [1.54, 1.807) is 0 Å². The van der Waals surface area contributed by atoms with Crippen LogP contribution in [-0.2, 0) is 21.9 Å². The summed E-state index contributed by atoms with van der Waals surface area (Å²) in [5.41, 5.74) is 2.04. The first-order chi connectivity index (χ1) is 12.2. The van der Waals surface area contributed by atoms with E-state index in [4.69, 9.17) is 9.15 Å². The third-order valence-corrected chi connectivity index (χ3v) is 6.48. The summed E-state index contributed by atoms with van der Waals surface area (Å²) in [5, 5.41) is 4.64. The quantitative estimate of drug-likeness (QED) is 0.751. The zero-order valence-electron chi connectivity index (χ0n) is 16.8. The molecule has 0 aliphatic carbocycles. The molecule has 0 amide bonds. The topological polar surface area (TPSA) is 53.1 Å². The molecule has 3 heterocycles. The summed E-state index contributed by atoms with van der Waals surface area (Å²) in [7, 11) is 1.96. The van der Waals surface area contributed by atoms with Gasteiger partial charge in [-0.05, 0) is 44.4 Å². The maximum absolute atomic E-state index is 6.16. The number of nitrogens with zero attached hydrogens (tertiary/aromatic N) is 3. The maximum atomic E-state index is 6.16. The summed E-state index contributed by atoms with van der Waals surface area (Å²) in [6, 6.07) is 2.10. The average Bonchev–Trinajstić information content (AvgIpc) is 3.20. The normalized spacial score (nSPS) is 17.0. The van der Waals surface area contributed by atoms with E-state index in [1.165, 1.54) is 0 Å². The number of aromatic nitrogens is 3. The fraction of sp³-hybridized carbons (Fsp3) is 0.700. The SMILES string of the molecule is Cn1nc(C(C)(C)C)cc1-c1cnc(C(C)(C)SCC2CCOCC2)o1. The molecule has 1 aliphatic rings. The van der Waals surface area contributed by atoms with Crippen LogP contribution < -0.4 is 0 Å². The van der Waals surface area contributed by atoms with Gasteiger partial charge >= 0.3 is 0 Å². The molecule has 3 rings (SSSR count). The Balaban J connectivity index is 1.73. The highest BCUT2D eigenvalue weighted by molar-refractivity contribution is 8.00. The van der Waals surface area contributed by atoms with E-state index in [0.717, 1.165) is 60.8 Å². The van der Waals surface area contributed by atoms with Gasteiger partial charge in [0.25, 0.3) is 0 Å². The number of rotatable bonds is 5. The molecule has 0 radical (unpaired) electrons. The average molecular weight is 378 g/mol. The van der Waals surface area contributed by atoms with Crippen molar-refractivity contribution in [1.82, 2.24) is 14.8 Å². The number of thioether (sulfide) groups is 1. The summed E-state index contributed by atoms with van der Waals surface area (Å²) >= 11 is 1.93. The van der Waals surface area contributed by atoms with Crippen LogP contribution in [0.4, 0.5) is 0 Å². The second-order valence-electron chi connectivity index (χ2n) is 8.70. The summed E-state index contributed by atoms with van der Waals surface area (Å²) < 4.78 is 13.4. The zero-order valence-corrected chi connectivity index (χ0v) is 17.7. The van der Waals surface area contributed by atoms with Gasteiger partial charge in [0.05, 0.1) is 16.6 Å². The molecule has 0 spiro atoms. The molecular formula is C20H31N3O2S. The van der Waals surface area contributed by atoms with Crippen molar-refractivity contribution in [3.63, 3.8) is 0 Å². The minimum Gasteiger partial charge on any atom is -0.438 e. The largest absolute Gasteiger partial charge is 0.438 e. The van der Waals surface area contributed by atoms with Crippen LogP contribution >= 0.6 is 11.8 Å². The van der Waals surface area contributed by atoms with Crippen molar-refractivity contribution in [2.75, 3.05) is 19.0 Å². The van der Waals surface area contributed by atoms with Crippen LogP contribution in [0.2, 0.25) is 0 Å². The Hall–Kier alpha value is -1.27. The highest BCUT2D eigenvalue weighted by Crippen LogP contribution is 2.39. The van der Waals surface area contributed by atoms with Gasteiger partial charge in [-0.3, -0.25) is 4.68 Å². The molecule has 1 saturated heterocycles. The van der Waals surface area contributed by atoms with Crippen molar-refractivity contribution in [2.45, 2.75) is 57.6 Å². The van der Waals surface area contributed by atoms with Crippen molar-refractivity contribution in [3.8, 4) is 11.5 Å². The molecule has 2 aromatic rings. The van der Waals surface area contributed by atoms with E-state index < -0.39 is 0 Å². The Labute approximate surface area is 160 Å². The van der Waals surface area contributed by atoms with E-state index >= 15 is 0 Å². The van der Waals surface area contributed by atoms with Crippen LogP contribution in [0.25, 0.3) is 11.5 Å². The molecule has 0 atom stereocenters. The van der Waals surface area contributed by atoms with Gasteiger partial charge in [0.15, 0.2) is 5.76 Å². The van der Waals surface area contributed by atoms with E-state index in [9.17, 15) is 0 Å². The van der Waals surface area contributed by atoms with Crippen LogP contribution in [0.1, 0.15) is 59.0 Å². The van der Waals surface area contributed by atoms with Crippen LogP contribution in [-0.4, -0.2) is 33.7 Å². The Morgan fingerprint density at radius 2 is 1.88 bits per heavy atom. The second kappa shape index (κ2) is 7.39. The fourth-order valence-corrected chi connectivity index (χ4v) is 4.24. The Bertz CT molecular complexity index is 737.